The van der Waals surface area contributed by atoms with E-state index in [0.29, 0.717) is 12.8 Å². The summed E-state index contributed by atoms with van der Waals surface area (Å²) in [6.07, 6.45) is 10.1. The molecule has 4 rings (SSSR count). The second kappa shape index (κ2) is 7.90. The summed E-state index contributed by atoms with van der Waals surface area (Å²) in [6, 6.07) is 6.41. The Hall–Kier alpha value is -2.43. The van der Waals surface area contributed by atoms with Crippen molar-refractivity contribution in [2.24, 2.45) is 11.8 Å². The first-order chi connectivity index (χ1) is 13.5. The molecular formula is C23H28N2O3. The third kappa shape index (κ3) is 3.62. The molecule has 1 aromatic carbocycles. The Morgan fingerprint density at radius 3 is 2.39 bits per heavy atom. The molecule has 1 aliphatic heterocycles. The molecule has 1 aromatic rings. The van der Waals surface area contributed by atoms with Crippen LogP contribution in [-0.4, -0.2) is 29.2 Å². The van der Waals surface area contributed by atoms with E-state index in [4.69, 9.17) is 0 Å². The number of imide groups is 1. The van der Waals surface area contributed by atoms with E-state index in [1.807, 2.05) is 19.1 Å². The third-order valence-corrected chi connectivity index (χ3v) is 6.41. The molecule has 148 valence electrons. The predicted octanol–water partition coefficient (Wildman–Crippen LogP) is 3.08. The normalized spacial score (nSPS) is 24.7. The number of carbonyl (C=O) groups is 3. The van der Waals surface area contributed by atoms with Gasteiger partial charge >= 0.3 is 0 Å². The van der Waals surface area contributed by atoms with Crippen molar-refractivity contribution in [3.63, 3.8) is 0 Å². The van der Waals surface area contributed by atoms with E-state index >= 15 is 0 Å². The van der Waals surface area contributed by atoms with E-state index < -0.39 is 0 Å². The smallest absolute Gasteiger partial charge is 0.233 e. The number of likely N-dealkylation sites (tertiary alicyclic amines) is 1. The van der Waals surface area contributed by atoms with Crippen molar-refractivity contribution in [2.45, 2.75) is 57.9 Å². The van der Waals surface area contributed by atoms with E-state index in [1.54, 1.807) is 0 Å². The summed E-state index contributed by atoms with van der Waals surface area (Å²) in [5.74, 6) is -0.812. The molecule has 2 aliphatic carbocycles. The highest BCUT2D eigenvalue weighted by atomic mass is 16.2. The second-order valence-electron chi connectivity index (χ2n) is 8.26. The first kappa shape index (κ1) is 18.9. The minimum Gasteiger partial charge on any atom is -0.350 e. The van der Waals surface area contributed by atoms with Gasteiger partial charge < -0.3 is 5.32 Å². The van der Waals surface area contributed by atoms with Crippen molar-refractivity contribution in [3.05, 3.63) is 47.0 Å². The fraction of sp³-hybridized carbons (Fsp3) is 0.522. The summed E-state index contributed by atoms with van der Waals surface area (Å²) in [5, 5.41) is 3.02. The molecular weight excluding hydrogens is 352 g/mol. The summed E-state index contributed by atoms with van der Waals surface area (Å²) in [6.45, 7) is 2.16. The lowest BCUT2D eigenvalue weighted by Gasteiger charge is -2.20. The van der Waals surface area contributed by atoms with Gasteiger partial charge in [-0.05, 0) is 62.1 Å². The van der Waals surface area contributed by atoms with Crippen LogP contribution in [0.4, 0.5) is 0 Å². The Kier molecular flexibility index (Phi) is 5.33. The summed E-state index contributed by atoms with van der Waals surface area (Å²) in [7, 11) is 0. The molecule has 3 amide bonds. The second-order valence-corrected chi connectivity index (χ2v) is 8.26. The average Bonchev–Trinajstić information content (AvgIpc) is 2.96. The molecule has 1 fully saturated rings. The quantitative estimate of drug-likeness (QED) is 0.631. The first-order valence-electron chi connectivity index (χ1n) is 10.5. The van der Waals surface area contributed by atoms with Crippen LogP contribution in [0, 0.1) is 11.8 Å². The van der Waals surface area contributed by atoms with Crippen LogP contribution in [0.1, 0.15) is 61.8 Å². The number of nitrogens with one attached hydrogen (secondary N) is 1. The number of amides is 3. The number of allylic oxidation sites excluding steroid dienone is 2. The Morgan fingerprint density at radius 2 is 1.71 bits per heavy atom. The number of benzene rings is 1. The number of aryl methyl sites for hydroxylation is 2. The highest BCUT2D eigenvalue weighted by Gasteiger charge is 2.46. The van der Waals surface area contributed by atoms with Crippen molar-refractivity contribution >= 4 is 17.7 Å². The molecule has 1 heterocycles. The summed E-state index contributed by atoms with van der Waals surface area (Å²) in [4.78, 5) is 38.7. The van der Waals surface area contributed by atoms with E-state index in [0.717, 1.165) is 18.4 Å². The van der Waals surface area contributed by atoms with Gasteiger partial charge in [-0.2, -0.15) is 0 Å². The lowest BCUT2D eigenvalue weighted by atomic mass is 9.85. The van der Waals surface area contributed by atoms with Crippen LogP contribution in [0.3, 0.4) is 0 Å². The van der Waals surface area contributed by atoms with Gasteiger partial charge in [0.15, 0.2) is 0 Å². The monoisotopic (exact) mass is 380 g/mol. The fourth-order valence-electron chi connectivity index (χ4n) is 4.72. The highest BCUT2D eigenvalue weighted by molar-refractivity contribution is 6.05. The molecule has 0 bridgehead atoms. The molecule has 28 heavy (non-hydrogen) atoms. The van der Waals surface area contributed by atoms with Gasteiger partial charge in [-0.25, -0.2) is 0 Å². The van der Waals surface area contributed by atoms with Crippen molar-refractivity contribution in [3.8, 4) is 0 Å². The Bertz CT molecular complexity index is 803. The molecule has 0 spiro atoms. The Balaban J connectivity index is 1.32. The lowest BCUT2D eigenvalue weighted by molar-refractivity contribution is -0.140. The van der Waals surface area contributed by atoms with E-state index in [9.17, 15) is 14.4 Å². The first-order valence-corrected chi connectivity index (χ1v) is 10.5. The molecule has 0 saturated carbocycles. The zero-order valence-electron chi connectivity index (χ0n) is 16.4. The van der Waals surface area contributed by atoms with Gasteiger partial charge in [0.25, 0.3) is 0 Å². The fourth-order valence-corrected chi connectivity index (χ4v) is 4.72. The van der Waals surface area contributed by atoms with Gasteiger partial charge in [0, 0.05) is 13.0 Å². The molecule has 5 heteroatoms. The summed E-state index contributed by atoms with van der Waals surface area (Å²) in [5.41, 5.74) is 3.93. The topological polar surface area (TPSA) is 66.5 Å². The molecule has 0 radical (unpaired) electrons. The molecule has 3 aliphatic rings. The van der Waals surface area contributed by atoms with Crippen LogP contribution in [0.15, 0.2) is 30.4 Å². The number of fused-ring (bicyclic) bond motifs is 2. The summed E-state index contributed by atoms with van der Waals surface area (Å²) < 4.78 is 0. The minimum absolute atomic E-state index is 0.0866. The third-order valence-electron chi connectivity index (χ3n) is 6.41. The number of hydrogen-bond donors (Lipinski definition) is 1. The molecule has 1 saturated heterocycles. The van der Waals surface area contributed by atoms with Gasteiger partial charge in [0.1, 0.15) is 0 Å². The van der Waals surface area contributed by atoms with Crippen LogP contribution < -0.4 is 5.32 Å². The number of carbonyl (C=O) groups excluding carboxylic acids is 3. The van der Waals surface area contributed by atoms with Crippen molar-refractivity contribution in [1.29, 1.82) is 0 Å². The van der Waals surface area contributed by atoms with Crippen LogP contribution in [0.2, 0.25) is 0 Å². The van der Waals surface area contributed by atoms with E-state index in [2.05, 4.69) is 23.5 Å². The molecule has 3 atom stereocenters. The van der Waals surface area contributed by atoms with Gasteiger partial charge in [0.05, 0.1) is 17.9 Å². The number of nitrogens with zero attached hydrogens (tertiary/aromatic N) is 1. The zero-order chi connectivity index (χ0) is 19.7. The minimum atomic E-state index is -0.227. The van der Waals surface area contributed by atoms with E-state index in [-0.39, 0.29) is 48.6 Å². The molecule has 5 nitrogen and oxygen atoms in total. The number of hydrogen-bond acceptors (Lipinski definition) is 3. The maximum Gasteiger partial charge on any atom is 0.233 e. The van der Waals surface area contributed by atoms with Gasteiger partial charge in [-0.15, -0.1) is 0 Å². The molecule has 0 aromatic heterocycles. The maximum atomic E-state index is 12.5. The van der Waals surface area contributed by atoms with Gasteiger partial charge in [0.2, 0.25) is 17.7 Å². The van der Waals surface area contributed by atoms with Crippen LogP contribution in [0.25, 0.3) is 0 Å². The lowest BCUT2D eigenvalue weighted by Crippen LogP contribution is -2.36. The maximum absolute atomic E-state index is 12.5. The Morgan fingerprint density at radius 1 is 1.07 bits per heavy atom. The van der Waals surface area contributed by atoms with Crippen molar-refractivity contribution < 1.29 is 14.4 Å². The summed E-state index contributed by atoms with van der Waals surface area (Å²) >= 11 is 0. The zero-order valence-corrected chi connectivity index (χ0v) is 16.4. The highest BCUT2D eigenvalue weighted by Crippen LogP contribution is 2.35. The average molecular weight is 380 g/mol. The Labute approximate surface area is 166 Å². The van der Waals surface area contributed by atoms with Gasteiger partial charge in [-0.1, -0.05) is 30.4 Å². The van der Waals surface area contributed by atoms with Crippen LogP contribution >= 0.6 is 0 Å². The van der Waals surface area contributed by atoms with Crippen molar-refractivity contribution in [2.75, 3.05) is 6.54 Å². The molecule has 1 N–H and O–H groups in total. The standard InChI is InChI=1S/C23H28N2O3/c1-15(17-11-10-16-6-2-3-7-18(16)14-17)24-21(26)12-13-25-22(27)19-8-4-5-9-20(19)23(25)28/h4-5,10-11,14-15,19-20H,2-3,6-9,12-13H2,1H3,(H,24,26)/t15-,19-,20+/m0/s1. The SMILES string of the molecule is C[C@H](NC(=O)CCN1C(=O)[C@H]2CC=CC[C@H]2C1=O)c1ccc2c(c1)CCCC2. The van der Waals surface area contributed by atoms with E-state index in [1.165, 1.54) is 28.9 Å². The van der Waals surface area contributed by atoms with Crippen LogP contribution in [-0.2, 0) is 27.2 Å². The molecule has 0 unspecified atom stereocenters. The largest absolute Gasteiger partial charge is 0.350 e. The predicted molar refractivity (Wildman–Crippen MR) is 106 cm³/mol. The van der Waals surface area contributed by atoms with Crippen molar-refractivity contribution in [1.82, 2.24) is 10.2 Å². The van der Waals surface area contributed by atoms with Crippen LogP contribution in [0.5, 0.6) is 0 Å². The number of rotatable bonds is 5. The van der Waals surface area contributed by atoms with Gasteiger partial charge in [-0.3, -0.25) is 19.3 Å².